The van der Waals surface area contributed by atoms with Gasteiger partial charge < -0.3 is 30.1 Å². The standard InChI is InChI=1S/C33H36N4O3.Mg/c1-9-19-16(5)22-11-21-14(3)15(4)30(36-21)28-29(33(39)40-8)32(38)27-18(7)24(37-31(27)28)13-26-20(10-2)17(6)23(35-26)12-25(19)34-22;/h11-15,29,32,38H,9-10H2,1-8H3;/q-4;+2/b21-11-,23-12-,26-13-,30-28-;/t14-,15-,29+,32+;/m0./s1. The van der Waals surface area contributed by atoms with Gasteiger partial charge in [-0.15, -0.1) is 33.5 Å². The number of fused-ring (bicyclic) bond motifs is 7. The van der Waals surface area contributed by atoms with Crippen molar-refractivity contribution in [1.82, 2.24) is 15.0 Å². The summed E-state index contributed by atoms with van der Waals surface area (Å²) in [6.07, 6.45) is 6.86. The van der Waals surface area contributed by atoms with E-state index >= 15 is 0 Å². The molecule has 1 saturated heterocycles. The second-order valence-electron chi connectivity index (χ2n) is 11.4. The average molecular weight is 561 g/mol. The summed E-state index contributed by atoms with van der Waals surface area (Å²) >= 11 is 0. The molecule has 3 aliphatic rings. The van der Waals surface area contributed by atoms with Crippen LogP contribution in [0.5, 0.6) is 0 Å². The number of aliphatic hydroxyl groups is 1. The molecule has 0 saturated carbocycles. The van der Waals surface area contributed by atoms with Gasteiger partial charge in [-0.05, 0) is 51.0 Å². The molecule has 210 valence electrons. The van der Waals surface area contributed by atoms with Crippen molar-refractivity contribution in [2.24, 2.45) is 17.8 Å². The van der Waals surface area contributed by atoms with E-state index in [0.717, 1.165) is 68.7 Å². The molecule has 1 aliphatic carbocycles. The smallest absolute Gasteiger partial charge is 0.664 e. The number of carbonyl (C=O) groups excluding carboxylic acids is 1. The molecule has 41 heavy (non-hydrogen) atoms. The zero-order valence-corrected chi connectivity index (χ0v) is 26.6. The first-order chi connectivity index (χ1) is 19.1. The van der Waals surface area contributed by atoms with E-state index in [-0.39, 0.29) is 34.9 Å². The van der Waals surface area contributed by atoms with Crippen molar-refractivity contribution in [1.29, 1.82) is 0 Å². The number of rotatable bonds is 3. The van der Waals surface area contributed by atoms with Crippen LogP contribution < -0.4 is 25.7 Å². The fraction of sp³-hybridized carbons (Fsp3) is 0.424. The van der Waals surface area contributed by atoms with Gasteiger partial charge in [0.1, 0.15) is 5.92 Å². The Balaban J connectivity index is 0.00000337. The van der Waals surface area contributed by atoms with Crippen LogP contribution in [0.1, 0.15) is 90.0 Å². The Morgan fingerprint density at radius 1 is 0.854 bits per heavy atom. The van der Waals surface area contributed by atoms with Gasteiger partial charge in [0.05, 0.1) is 13.2 Å². The van der Waals surface area contributed by atoms with Crippen molar-refractivity contribution >= 4 is 52.8 Å². The van der Waals surface area contributed by atoms with Gasteiger partial charge in [-0.25, -0.2) is 0 Å². The van der Waals surface area contributed by atoms with Crippen LogP contribution in [0.2, 0.25) is 0 Å². The maximum atomic E-state index is 13.1. The molecule has 1 fully saturated rings. The van der Waals surface area contributed by atoms with Crippen molar-refractivity contribution < 1.29 is 14.6 Å². The van der Waals surface area contributed by atoms with Crippen LogP contribution in [0.25, 0.3) is 29.1 Å². The Bertz CT molecular complexity index is 1750. The number of nitrogens with zero attached hydrogens (tertiary/aromatic N) is 4. The third-order valence-electron chi connectivity index (χ3n) is 9.39. The maximum Gasteiger partial charge on any atom is 2.00 e. The largest absolute Gasteiger partial charge is 2.00 e. The van der Waals surface area contributed by atoms with Gasteiger partial charge in [0.15, 0.2) is 0 Å². The Kier molecular flexibility index (Phi) is 7.72. The van der Waals surface area contributed by atoms with Crippen LogP contribution in [0.4, 0.5) is 0 Å². The fourth-order valence-electron chi connectivity index (χ4n) is 6.79. The molecule has 0 radical (unpaired) electrons. The van der Waals surface area contributed by atoms with E-state index in [9.17, 15) is 9.90 Å². The van der Waals surface area contributed by atoms with Crippen molar-refractivity contribution in [3.8, 4) is 0 Å². The van der Waals surface area contributed by atoms with Crippen LogP contribution in [-0.2, 0) is 22.4 Å². The molecule has 8 bridgehead atoms. The number of allylic oxidation sites excluding steroid dienone is 2. The molecule has 6 rings (SSSR count). The van der Waals surface area contributed by atoms with Crippen LogP contribution in [-0.4, -0.2) is 41.2 Å². The summed E-state index contributed by atoms with van der Waals surface area (Å²) in [4.78, 5) is 28.3. The van der Waals surface area contributed by atoms with Gasteiger partial charge in [-0.2, -0.15) is 11.4 Å². The number of aliphatic hydroxyl groups excluding tert-OH is 1. The molecule has 0 amide bonds. The third-order valence-corrected chi connectivity index (χ3v) is 9.39. The number of methoxy groups -OCH3 is 1. The van der Waals surface area contributed by atoms with Gasteiger partial charge in [-0.1, -0.05) is 79.3 Å². The molecule has 1 N–H and O–H groups in total. The molecule has 7 nitrogen and oxygen atoms in total. The first-order valence-corrected chi connectivity index (χ1v) is 14.2. The number of carbonyl (C=O) groups is 1. The summed E-state index contributed by atoms with van der Waals surface area (Å²) in [7, 11) is 1.36. The number of esters is 1. The summed E-state index contributed by atoms with van der Waals surface area (Å²) in [6, 6.07) is 0. The summed E-state index contributed by atoms with van der Waals surface area (Å²) in [5.74, 6) is -1.23. The number of ether oxygens (including phenoxy) is 1. The molecule has 3 aromatic rings. The number of hydrogen-bond donors (Lipinski definition) is 1. The predicted octanol–water partition coefficient (Wildman–Crippen LogP) is 3.45. The Morgan fingerprint density at radius 3 is 2.17 bits per heavy atom. The van der Waals surface area contributed by atoms with Gasteiger partial charge in [-0.3, -0.25) is 4.79 Å². The van der Waals surface area contributed by atoms with E-state index in [1.165, 1.54) is 18.2 Å². The minimum absolute atomic E-state index is 0. The van der Waals surface area contributed by atoms with Gasteiger partial charge >= 0.3 is 29.0 Å². The van der Waals surface area contributed by atoms with Crippen LogP contribution in [0.3, 0.4) is 0 Å². The monoisotopic (exact) mass is 560 g/mol. The van der Waals surface area contributed by atoms with E-state index in [2.05, 4.69) is 53.7 Å². The second kappa shape index (κ2) is 10.7. The van der Waals surface area contributed by atoms with E-state index in [1.807, 2.05) is 13.0 Å². The first-order valence-electron chi connectivity index (χ1n) is 14.2. The van der Waals surface area contributed by atoms with Crippen molar-refractivity contribution in [3.63, 3.8) is 0 Å². The fourth-order valence-corrected chi connectivity index (χ4v) is 6.79. The third kappa shape index (κ3) is 4.29. The Labute approximate surface area is 257 Å². The van der Waals surface area contributed by atoms with E-state index in [4.69, 9.17) is 25.0 Å². The normalized spacial score (nSPS) is 27.2. The minimum Gasteiger partial charge on any atom is -0.664 e. The molecule has 0 spiro atoms. The quantitative estimate of drug-likeness (QED) is 0.389. The first kappa shape index (κ1) is 29.5. The molecule has 2 aliphatic heterocycles. The SMILES string of the molecule is CCc1c2[n-]c(c1C)/C=C1\[N-]/C(=C3\c4[n-]c(c(C)c4[C@@H](O)[C@@H]3C(=O)OC)/C=c3\[n-]/c(c(C)c3CC)=C\2)[C@@H](C)[C@@H]1C.[Mg+2]. The number of aromatic nitrogens is 3. The zero-order valence-electron chi connectivity index (χ0n) is 25.2. The van der Waals surface area contributed by atoms with Crippen molar-refractivity contribution in [2.75, 3.05) is 7.11 Å². The Hall–Kier alpha value is -2.94. The molecule has 5 heterocycles. The molecule has 3 aromatic heterocycles. The van der Waals surface area contributed by atoms with Gasteiger partial charge in [0, 0.05) is 0 Å². The van der Waals surface area contributed by atoms with Gasteiger partial charge in [0.25, 0.3) is 0 Å². The van der Waals surface area contributed by atoms with Crippen LogP contribution in [0, 0.1) is 38.5 Å². The maximum absolute atomic E-state index is 13.1. The number of hydrogen-bond acceptors (Lipinski definition) is 3. The minimum atomic E-state index is -1.05. The molecule has 0 aromatic carbocycles. The summed E-state index contributed by atoms with van der Waals surface area (Å²) in [6.45, 7) is 14.8. The second-order valence-corrected chi connectivity index (χ2v) is 11.4. The van der Waals surface area contributed by atoms with Crippen molar-refractivity contribution in [3.05, 3.63) is 83.6 Å². The molecule has 4 atom stereocenters. The predicted molar refractivity (Wildman–Crippen MR) is 161 cm³/mol. The molecular weight excluding hydrogens is 525 g/mol. The van der Waals surface area contributed by atoms with Crippen molar-refractivity contribution in [2.45, 2.75) is 67.4 Å². The van der Waals surface area contributed by atoms with Crippen LogP contribution in [0.15, 0.2) is 11.4 Å². The molecular formula is C33H36MgN4O3-2. The van der Waals surface area contributed by atoms with E-state index < -0.39 is 18.0 Å². The zero-order chi connectivity index (χ0) is 28.6. The molecule has 0 unspecified atom stereocenters. The average Bonchev–Trinajstić information content (AvgIpc) is 3.66. The van der Waals surface area contributed by atoms with E-state index in [1.54, 1.807) is 0 Å². The Morgan fingerprint density at radius 2 is 1.51 bits per heavy atom. The topological polar surface area (TPSA) is 103 Å². The molecule has 8 heteroatoms. The summed E-state index contributed by atoms with van der Waals surface area (Å²) in [5.41, 5.74) is 11.8. The van der Waals surface area contributed by atoms with Gasteiger partial charge in [0.2, 0.25) is 0 Å². The van der Waals surface area contributed by atoms with E-state index in [0.29, 0.717) is 16.8 Å². The summed E-state index contributed by atoms with van der Waals surface area (Å²) < 4.78 is 5.18. The van der Waals surface area contributed by atoms with Crippen LogP contribution >= 0.6 is 0 Å². The summed E-state index contributed by atoms with van der Waals surface area (Å²) in [5, 5.41) is 18.4.